The Balaban J connectivity index is 2.23. The summed E-state index contributed by atoms with van der Waals surface area (Å²) in [6.45, 7) is 4.40. The Bertz CT molecular complexity index is 1410. The van der Waals surface area contributed by atoms with E-state index in [0.29, 0.717) is 15.9 Å². The Morgan fingerprint density at radius 1 is 0.756 bits per heavy atom. The van der Waals surface area contributed by atoms with E-state index in [1.807, 2.05) is 103 Å². The third-order valence-corrected chi connectivity index (χ3v) is 11.0. The second-order valence-electron chi connectivity index (χ2n) is 10.4. The maximum Gasteiger partial charge on any atom is 0.408 e. The van der Waals surface area contributed by atoms with Crippen LogP contribution in [-0.4, -0.2) is 29.6 Å². The average molecular weight is 588 g/mol. The second kappa shape index (κ2) is 13.2. The highest BCUT2D eigenvalue weighted by molar-refractivity contribution is 7.96. The number of carbonyl (C=O) groups is 2. The third kappa shape index (κ3) is 6.93. The molecule has 0 radical (unpaired) electrons. The van der Waals surface area contributed by atoms with Crippen molar-refractivity contribution >= 4 is 51.8 Å². The standard InChI is InChI=1S/C34H35ClNO4P/c1-5-39-32(37)31(30(25-21-23-26(35)24-22-25)36-33(38)40-34(2,3)4)41(27-15-9-6-10-16-27,28-17-11-7-12-18-28)29-19-13-8-14-20-29/h6-24,30H,5H2,1-4H3,(H,36,38)/t30-/m1/s1. The van der Waals surface area contributed by atoms with Gasteiger partial charge in [0.15, 0.2) is 0 Å². The number of halogens is 1. The summed E-state index contributed by atoms with van der Waals surface area (Å²) in [4.78, 5) is 27.8. The molecule has 0 heterocycles. The van der Waals surface area contributed by atoms with Crippen LogP contribution in [0.4, 0.5) is 4.79 Å². The molecule has 1 atom stereocenters. The van der Waals surface area contributed by atoms with E-state index in [0.717, 1.165) is 15.9 Å². The van der Waals surface area contributed by atoms with Crippen molar-refractivity contribution in [2.75, 3.05) is 6.61 Å². The van der Waals surface area contributed by atoms with Crippen LogP contribution in [0.25, 0.3) is 0 Å². The van der Waals surface area contributed by atoms with Crippen molar-refractivity contribution in [3.8, 4) is 0 Å². The first-order chi connectivity index (χ1) is 19.7. The fourth-order valence-electron chi connectivity index (χ4n) is 4.86. The fourth-order valence-corrected chi connectivity index (χ4v) is 9.52. The number of rotatable bonds is 8. The molecular weight excluding hydrogens is 553 g/mol. The number of ether oxygens (including phenoxy) is 2. The summed E-state index contributed by atoms with van der Waals surface area (Å²) in [6, 6.07) is 36.2. The summed E-state index contributed by atoms with van der Waals surface area (Å²) in [5.41, 5.74) is -0.0704. The van der Waals surface area contributed by atoms with Crippen molar-refractivity contribution < 1.29 is 19.1 Å². The monoisotopic (exact) mass is 587 g/mol. The zero-order chi connectivity index (χ0) is 29.5. The summed E-state index contributed by atoms with van der Waals surface area (Å²) in [5, 5.41) is 6.86. The summed E-state index contributed by atoms with van der Waals surface area (Å²) in [7, 11) is 0. The van der Waals surface area contributed by atoms with Gasteiger partial charge in [0.1, 0.15) is 5.60 Å². The van der Waals surface area contributed by atoms with Crippen LogP contribution in [0.1, 0.15) is 39.3 Å². The van der Waals surface area contributed by atoms with Gasteiger partial charge in [0, 0.05) is 5.02 Å². The topological polar surface area (TPSA) is 64.6 Å². The smallest absolute Gasteiger partial charge is 0.408 e. The molecule has 0 saturated heterocycles. The van der Waals surface area contributed by atoms with Crippen LogP contribution in [0.3, 0.4) is 0 Å². The van der Waals surface area contributed by atoms with E-state index in [2.05, 4.69) is 5.32 Å². The number of benzene rings is 4. The molecule has 7 heteroatoms. The molecule has 5 nitrogen and oxygen atoms in total. The molecule has 1 amide bonds. The zero-order valence-corrected chi connectivity index (χ0v) is 25.4. The van der Waals surface area contributed by atoms with E-state index >= 15 is 0 Å². The number of carbonyl (C=O) groups excluding carboxylic acids is 2. The van der Waals surface area contributed by atoms with E-state index in [-0.39, 0.29) is 6.61 Å². The van der Waals surface area contributed by atoms with Gasteiger partial charge in [-0.25, -0.2) is 9.59 Å². The number of alkyl carbamates (subject to hydrolysis) is 1. The number of hydrogen-bond acceptors (Lipinski definition) is 4. The predicted molar refractivity (Wildman–Crippen MR) is 170 cm³/mol. The minimum Gasteiger partial charge on any atom is -0.463 e. The molecule has 0 saturated carbocycles. The normalized spacial score (nSPS) is 12.2. The quantitative estimate of drug-likeness (QED) is 0.185. The summed E-state index contributed by atoms with van der Waals surface area (Å²) in [5.74, 6) is -0.492. The van der Waals surface area contributed by atoms with Gasteiger partial charge in [-0.1, -0.05) is 115 Å². The minimum atomic E-state index is -2.95. The SMILES string of the molecule is CCOC(=O)C([C@H](NC(=O)OC(C)(C)C)c1ccc(Cl)cc1)=P(c1ccccc1)(c1ccccc1)c1ccccc1. The summed E-state index contributed by atoms with van der Waals surface area (Å²) >= 11 is 6.28. The lowest BCUT2D eigenvalue weighted by Crippen LogP contribution is -2.44. The first-order valence-corrected chi connectivity index (χ1v) is 15.7. The zero-order valence-electron chi connectivity index (χ0n) is 23.7. The highest BCUT2D eigenvalue weighted by atomic mass is 35.5. The minimum absolute atomic E-state index is 0.167. The Hall–Kier alpha value is -3.79. The molecule has 0 aliphatic rings. The maximum atomic E-state index is 14.4. The molecule has 0 aliphatic carbocycles. The molecule has 0 unspecified atom stereocenters. The molecule has 41 heavy (non-hydrogen) atoms. The van der Waals surface area contributed by atoms with Gasteiger partial charge in [-0.05, 0) is 68.2 Å². The van der Waals surface area contributed by atoms with Gasteiger partial charge in [0.05, 0.1) is 17.9 Å². The van der Waals surface area contributed by atoms with E-state index in [1.165, 1.54) is 0 Å². The lowest BCUT2D eigenvalue weighted by molar-refractivity contribution is -0.135. The molecule has 0 spiro atoms. The van der Waals surface area contributed by atoms with Crippen molar-refractivity contribution in [1.29, 1.82) is 0 Å². The van der Waals surface area contributed by atoms with Gasteiger partial charge < -0.3 is 14.8 Å². The number of amides is 1. The van der Waals surface area contributed by atoms with Gasteiger partial charge >= 0.3 is 12.1 Å². The third-order valence-electron chi connectivity index (χ3n) is 6.41. The highest BCUT2D eigenvalue weighted by Gasteiger charge is 2.39. The molecule has 4 rings (SSSR count). The van der Waals surface area contributed by atoms with Gasteiger partial charge in [0.2, 0.25) is 0 Å². The lowest BCUT2D eigenvalue weighted by Gasteiger charge is -2.35. The van der Waals surface area contributed by atoms with Crippen LogP contribution in [-0.2, 0) is 14.3 Å². The van der Waals surface area contributed by atoms with Crippen molar-refractivity contribution in [1.82, 2.24) is 5.32 Å². The van der Waals surface area contributed by atoms with Gasteiger partial charge in [0.25, 0.3) is 0 Å². The van der Waals surface area contributed by atoms with Crippen LogP contribution in [0.5, 0.6) is 0 Å². The number of nitrogens with one attached hydrogen (secondary N) is 1. The largest absolute Gasteiger partial charge is 0.463 e. The Morgan fingerprint density at radius 2 is 1.20 bits per heavy atom. The van der Waals surface area contributed by atoms with E-state index in [1.54, 1.807) is 39.8 Å². The van der Waals surface area contributed by atoms with Crippen molar-refractivity contribution in [2.45, 2.75) is 39.3 Å². The van der Waals surface area contributed by atoms with E-state index < -0.39 is 30.6 Å². The fraction of sp³-hybridized carbons (Fsp3) is 0.206. The van der Waals surface area contributed by atoms with Gasteiger partial charge in [-0.2, -0.15) is 0 Å². The van der Waals surface area contributed by atoms with Crippen molar-refractivity contribution in [2.24, 2.45) is 0 Å². The van der Waals surface area contributed by atoms with E-state index in [4.69, 9.17) is 21.1 Å². The molecular formula is C34H35ClNO4P. The van der Waals surface area contributed by atoms with Crippen LogP contribution in [0.2, 0.25) is 5.02 Å². The molecule has 0 aromatic heterocycles. The molecule has 4 aromatic rings. The van der Waals surface area contributed by atoms with Gasteiger partial charge in [-0.15, -0.1) is 0 Å². The van der Waals surface area contributed by atoms with Gasteiger partial charge in [-0.3, -0.25) is 0 Å². The highest BCUT2D eigenvalue weighted by Crippen LogP contribution is 2.49. The van der Waals surface area contributed by atoms with Crippen LogP contribution in [0.15, 0.2) is 115 Å². The predicted octanol–water partition coefficient (Wildman–Crippen LogP) is 6.64. The van der Waals surface area contributed by atoms with E-state index in [9.17, 15) is 9.59 Å². The average Bonchev–Trinajstić information content (AvgIpc) is 2.96. The second-order valence-corrected chi connectivity index (χ2v) is 14.2. The van der Waals surface area contributed by atoms with Crippen LogP contribution < -0.4 is 21.2 Å². The molecule has 1 N–H and O–H groups in total. The molecule has 4 aromatic carbocycles. The molecule has 0 fully saturated rings. The summed E-state index contributed by atoms with van der Waals surface area (Å²) < 4.78 is 11.5. The first-order valence-electron chi connectivity index (χ1n) is 13.5. The molecule has 0 aliphatic heterocycles. The van der Waals surface area contributed by atoms with Crippen molar-refractivity contribution in [3.63, 3.8) is 0 Å². The number of esters is 1. The Kier molecular flexibility index (Phi) is 9.75. The molecule has 212 valence electrons. The van der Waals surface area contributed by atoms with Crippen LogP contribution >= 0.6 is 18.5 Å². The molecule has 0 bridgehead atoms. The Labute approximate surface area is 247 Å². The summed E-state index contributed by atoms with van der Waals surface area (Å²) in [6.07, 6.45) is -0.647. The number of hydrogen-bond donors (Lipinski definition) is 1. The van der Waals surface area contributed by atoms with Crippen molar-refractivity contribution in [3.05, 3.63) is 126 Å². The Morgan fingerprint density at radius 3 is 1.59 bits per heavy atom. The first kappa shape index (κ1) is 30.2. The van der Waals surface area contributed by atoms with Crippen LogP contribution in [0, 0.1) is 0 Å². The lowest BCUT2D eigenvalue weighted by atomic mass is 10.0. The maximum absolute atomic E-state index is 14.4.